The molecule has 0 unspecified atom stereocenters. The Bertz CT molecular complexity index is 37.3. The first kappa shape index (κ1) is 9.73. The van der Waals surface area contributed by atoms with Crippen LogP contribution in [0, 0.1) is 0 Å². The largest absolute Gasteiger partial charge is 0.125 e. The van der Waals surface area contributed by atoms with Gasteiger partial charge in [-0.2, -0.15) is 0 Å². The molecule has 0 nitrogen and oxygen atoms in total. The average Bonchev–Trinajstić information content (AvgIpc) is 1.41. The molecule has 0 amide bonds. The lowest BCUT2D eigenvalue weighted by molar-refractivity contribution is 2.81. The fraction of sp³-hybridized carbons (Fsp3) is 0. The van der Waals surface area contributed by atoms with Crippen LogP contribution in [0.25, 0.3) is 0 Å². The van der Waals surface area contributed by atoms with Gasteiger partial charge in [0.1, 0.15) is 0 Å². The summed E-state index contributed by atoms with van der Waals surface area (Å²) in [4.78, 5) is 0. The third-order valence-corrected chi connectivity index (χ3v) is 0. The van der Waals surface area contributed by atoms with E-state index in [1.165, 1.54) is 0 Å². The summed E-state index contributed by atoms with van der Waals surface area (Å²) < 4.78 is 0.389. The maximum absolute atomic E-state index is 4.27. The fourth-order valence-corrected chi connectivity index (χ4v) is 0. The molecule has 0 bridgehead atoms. The lowest BCUT2D eigenvalue weighted by atomic mass is 11.3. The van der Waals surface area contributed by atoms with Crippen LogP contribution in [0.5, 0.6) is 0 Å². The normalized spacial score (nSPS) is 5.00. The van der Waals surface area contributed by atoms with Gasteiger partial charge in [-0.3, -0.25) is 0 Å². The Hall–Kier alpha value is 0.530. The summed E-state index contributed by atoms with van der Waals surface area (Å²) in [5.41, 5.74) is 0. The molecular formula is C3H6S3. The molecule has 0 heterocycles. The summed E-state index contributed by atoms with van der Waals surface area (Å²) in [6.07, 6.45) is 0. The van der Waals surface area contributed by atoms with Crippen molar-refractivity contribution in [2.45, 2.75) is 0 Å². The summed E-state index contributed by atoms with van der Waals surface area (Å²) in [7, 11) is 0. The highest BCUT2D eigenvalue weighted by Gasteiger charge is 1.58. The van der Waals surface area contributed by atoms with Gasteiger partial charge in [0.25, 0.3) is 0 Å². The SMILES string of the molecule is C=C.S=C(S)S. The highest BCUT2D eigenvalue weighted by atomic mass is 32.2. The molecule has 0 saturated heterocycles. The Labute approximate surface area is 54.5 Å². The van der Waals surface area contributed by atoms with Gasteiger partial charge in [0, 0.05) is 0 Å². The second-order valence-corrected chi connectivity index (χ2v) is 2.54. The molecule has 0 saturated carbocycles. The summed E-state index contributed by atoms with van der Waals surface area (Å²) >= 11 is 11.4. The van der Waals surface area contributed by atoms with Crippen LogP contribution in [0.3, 0.4) is 0 Å². The minimum Gasteiger partial charge on any atom is -0.125 e. The number of thiol groups is 2. The van der Waals surface area contributed by atoms with Crippen LogP contribution in [0.1, 0.15) is 0 Å². The summed E-state index contributed by atoms with van der Waals surface area (Å²) in [6.45, 7) is 6.00. The minimum atomic E-state index is 0.389. The van der Waals surface area contributed by atoms with Gasteiger partial charge in [-0.1, -0.05) is 12.2 Å². The van der Waals surface area contributed by atoms with Gasteiger partial charge in [-0.25, -0.2) is 0 Å². The molecule has 0 fully saturated rings. The van der Waals surface area contributed by atoms with Crippen LogP contribution in [-0.2, 0) is 0 Å². The van der Waals surface area contributed by atoms with E-state index in [-0.39, 0.29) is 0 Å². The standard InChI is InChI=1S/C2H4.CH2S3/c1-2;2-1(3)4/h1-2H2;(H2,2,3,4). The van der Waals surface area contributed by atoms with E-state index in [9.17, 15) is 0 Å². The molecule has 0 aliphatic carbocycles. The molecule has 0 N–H and O–H groups in total. The van der Waals surface area contributed by atoms with E-state index in [0.717, 1.165) is 0 Å². The molecule has 0 aromatic carbocycles. The Balaban J connectivity index is 0. The quantitative estimate of drug-likeness (QED) is 0.293. The monoisotopic (exact) mass is 138 g/mol. The number of rotatable bonds is 0. The van der Waals surface area contributed by atoms with Crippen molar-refractivity contribution < 1.29 is 0 Å². The minimum absolute atomic E-state index is 0.389. The topological polar surface area (TPSA) is 0 Å². The van der Waals surface area contributed by atoms with Gasteiger partial charge < -0.3 is 0 Å². The summed E-state index contributed by atoms with van der Waals surface area (Å²) in [5.74, 6) is 0. The molecule has 0 rings (SSSR count). The lowest BCUT2D eigenvalue weighted by Gasteiger charge is -1.59. The van der Waals surface area contributed by atoms with Gasteiger partial charge in [0.05, 0.1) is 3.53 Å². The zero-order valence-electron chi connectivity index (χ0n) is 3.22. The third-order valence-electron chi connectivity index (χ3n) is 0. The first-order chi connectivity index (χ1) is 2.73. The summed E-state index contributed by atoms with van der Waals surface area (Å²) in [6, 6.07) is 0. The molecule has 6 heavy (non-hydrogen) atoms. The molecule has 0 radical (unpaired) electrons. The van der Waals surface area contributed by atoms with E-state index >= 15 is 0 Å². The van der Waals surface area contributed by atoms with Crippen LogP contribution in [-0.4, -0.2) is 3.53 Å². The molecule has 3 heteroatoms. The smallest absolute Gasteiger partial charge is 0.0976 e. The molecule has 0 aliphatic rings. The van der Waals surface area contributed by atoms with E-state index in [1.807, 2.05) is 0 Å². The van der Waals surface area contributed by atoms with Crippen molar-refractivity contribution in [3.8, 4) is 0 Å². The van der Waals surface area contributed by atoms with Crippen molar-refractivity contribution >= 4 is 41.0 Å². The first-order valence-electron chi connectivity index (χ1n) is 1.15. The summed E-state index contributed by atoms with van der Waals surface area (Å²) in [5, 5.41) is 0. The van der Waals surface area contributed by atoms with Crippen molar-refractivity contribution in [1.82, 2.24) is 0 Å². The molecule has 0 aromatic rings. The predicted molar refractivity (Wildman–Crippen MR) is 41.8 cm³/mol. The van der Waals surface area contributed by atoms with Crippen LogP contribution in [0.4, 0.5) is 0 Å². The second kappa shape index (κ2) is 9.11. The average molecular weight is 138 g/mol. The Morgan fingerprint density at radius 2 is 1.33 bits per heavy atom. The fourth-order valence-electron chi connectivity index (χ4n) is 0. The Kier molecular flexibility index (Phi) is 14.8. The van der Waals surface area contributed by atoms with Crippen molar-refractivity contribution in [1.29, 1.82) is 0 Å². The Morgan fingerprint density at radius 3 is 1.33 bits per heavy atom. The van der Waals surface area contributed by atoms with Crippen molar-refractivity contribution in [2.75, 3.05) is 0 Å². The van der Waals surface area contributed by atoms with Crippen LogP contribution in [0.15, 0.2) is 13.2 Å². The second-order valence-electron chi connectivity index (χ2n) is 0.283. The molecule has 0 aliphatic heterocycles. The van der Waals surface area contributed by atoms with Gasteiger partial charge >= 0.3 is 0 Å². The molecule has 0 spiro atoms. The van der Waals surface area contributed by atoms with Gasteiger partial charge in [0.15, 0.2) is 0 Å². The molecular weight excluding hydrogens is 132 g/mol. The predicted octanol–water partition coefficient (Wildman–Crippen LogP) is 1.93. The highest BCUT2D eigenvalue weighted by molar-refractivity contribution is 8.34. The van der Waals surface area contributed by atoms with E-state index < -0.39 is 0 Å². The van der Waals surface area contributed by atoms with E-state index in [4.69, 9.17) is 0 Å². The highest BCUT2D eigenvalue weighted by Crippen LogP contribution is 1.83. The third kappa shape index (κ3) is 201. The zero-order chi connectivity index (χ0) is 5.58. The van der Waals surface area contributed by atoms with E-state index in [2.05, 4.69) is 50.6 Å². The van der Waals surface area contributed by atoms with E-state index in [1.54, 1.807) is 0 Å². The van der Waals surface area contributed by atoms with E-state index in [0.29, 0.717) is 3.53 Å². The molecule has 36 valence electrons. The maximum Gasteiger partial charge on any atom is 0.0976 e. The van der Waals surface area contributed by atoms with Gasteiger partial charge in [0.2, 0.25) is 0 Å². The maximum atomic E-state index is 4.27. The Morgan fingerprint density at radius 1 is 1.33 bits per heavy atom. The zero-order valence-corrected chi connectivity index (χ0v) is 5.82. The van der Waals surface area contributed by atoms with Crippen LogP contribution >= 0.6 is 37.5 Å². The first-order valence-corrected chi connectivity index (χ1v) is 2.45. The van der Waals surface area contributed by atoms with Crippen molar-refractivity contribution in [3.63, 3.8) is 0 Å². The number of hydrogen-bond acceptors (Lipinski definition) is 1. The van der Waals surface area contributed by atoms with Gasteiger partial charge in [-0.15, -0.1) is 38.4 Å². The number of hydrogen-bond donors (Lipinski definition) is 2. The number of thiocarbonyl (C=S) groups is 1. The lowest BCUT2D eigenvalue weighted by Crippen LogP contribution is -1.46. The molecule has 0 aromatic heterocycles. The van der Waals surface area contributed by atoms with Gasteiger partial charge in [-0.05, 0) is 0 Å². The van der Waals surface area contributed by atoms with Crippen molar-refractivity contribution in [2.24, 2.45) is 0 Å². The van der Waals surface area contributed by atoms with Crippen LogP contribution < -0.4 is 0 Å². The molecule has 0 atom stereocenters. The van der Waals surface area contributed by atoms with Crippen molar-refractivity contribution in [3.05, 3.63) is 13.2 Å². The van der Waals surface area contributed by atoms with Crippen LogP contribution in [0.2, 0.25) is 0 Å².